The highest BCUT2D eigenvalue weighted by molar-refractivity contribution is 7.89. The van der Waals surface area contributed by atoms with Crippen molar-refractivity contribution in [1.29, 1.82) is 5.26 Å². The number of sulfonamides is 1. The molecule has 0 aliphatic heterocycles. The van der Waals surface area contributed by atoms with Crippen LogP contribution in [-0.4, -0.2) is 46.8 Å². The molecule has 0 saturated heterocycles. The highest BCUT2D eigenvalue weighted by Crippen LogP contribution is 2.31. The summed E-state index contributed by atoms with van der Waals surface area (Å²) in [7, 11) is -2.24. The van der Waals surface area contributed by atoms with Gasteiger partial charge in [0.05, 0.1) is 10.5 Å². The fourth-order valence-corrected chi connectivity index (χ4v) is 5.06. The van der Waals surface area contributed by atoms with Crippen LogP contribution in [0.1, 0.15) is 25.8 Å². The molecule has 4 aromatic rings. The predicted octanol–water partition coefficient (Wildman–Crippen LogP) is 3.63. The van der Waals surface area contributed by atoms with E-state index in [1.807, 2.05) is 19.9 Å². The number of hydrogen-bond donors (Lipinski definition) is 1. The molecule has 36 heavy (non-hydrogen) atoms. The Labute approximate surface area is 208 Å². The number of nitrogens with one attached hydrogen (secondary N) is 1. The van der Waals surface area contributed by atoms with Crippen LogP contribution in [0.3, 0.4) is 0 Å². The lowest BCUT2D eigenvalue weighted by atomic mass is 10.0. The lowest BCUT2D eigenvalue weighted by Gasteiger charge is -2.21. The topological polar surface area (TPSA) is 139 Å². The Bertz CT molecular complexity index is 1610. The quantitative estimate of drug-likeness (QED) is 0.250. The number of benzene rings is 2. The molecule has 0 fully saturated rings. The minimum atomic E-state index is -3.78. The Balaban J connectivity index is 1.76. The molecule has 11 heteroatoms. The Kier molecular flexibility index (Phi) is 7.40. The van der Waals surface area contributed by atoms with Crippen LogP contribution in [0.2, 0.25) is 0 Å². The number of fused-ring (bicyclic) bond motifs is 2. The molecule has 0 saturated carbocycles. The number of anilines is 1. The molecule has 4 rings (SSSR count). The van der Waals surface area contributed by atoms with Crippen LogP contribution < -0.4 is 15.2 Å². The van der Waals surface area contributed by atoms with E-state index < -0.39 is 15.6 Å². The van der Waals surface area contributed by atoms with Gasteiger partial charge in [0.1, 0.15) is 22.7 Å². The largest absolute Gasteiger partial charge is 0.436 e. The number of hydrogen-bond acceptors (Lipinski definition) is 9. The first-order chi connectivity index (χ1) is 17.3. The molecule has 1 N–H and O–H groups in total. The van der Waals surface area contributed by atoms with Gasteiger partial charge >= 0.3 is 5.63 Å². The molecule has 10 nitrogen and oxygen atoms in total. The molecular formula is C25H26N4O6S. The van der Waals surface area contributed by atoms with Gasteiger partial charge in [0, 0.05) is 56.6 Å². The van der Waals surface area contributed by atoms with Crippen molar-refractivity contribution in [3.05, 3.63) is 52.4 Å². The van der Waals surface area contributed by atoms with Gasteiger partial charge in [-0.2, -0.15) is 5.26 Å². The zero-order valence-corrected chi connectivity index (χ0v) is 21.0. The highest BCUT2D eigenvalue weighted by Gasteiger charge is 2.23. The minimum absolute atomic E-state index is 0.00917. The summed E-state index contributed by atoms with van der Waals surface area (Å²) in [6.45, 7) is 6.25. The number of methoxy groups -OCH3 is 1. The van der Waals surface area contributed by atoms with Crippen molar-refractivity contribution >= 4 is 37.8 Å². The molecule has 0 aliphatic rings. The zero-order valence-electron chi connectivity index (χ0n) is 20.2. The fraction of sp³-hybridized carbons (Fsp3) is 0.320. The maximum Gasteiger partial charge on any atom is 0.350 e. The van der Waals surface area contributed by atoms with Crippen LogP contribution in [0.5, 0.6) is 0 Å². The Morgan fingerprint density at radius 3 is 2.58 bits per heavy atom. The van der Waals surface area contributed by atoms with Crippen molar-refractivity contribution in [2.45, 2.75) is 25.2 Å². The third-order valence-electron chi connectivity index (χ3n) is 5.83. The van der Waals surface area contributed by atoms with Gasteiger partial charge < -0.3 is 18.5 Å². The van der Waals surface area contributed by atoms with Crippen molar-refractivity contribution in [3.8, 4) is 17.5 Å². The van der Waals surface area contributed by atoms with Crippen molar-refractivity contribution in [3.63, 3.8) is 0 Å². The molecule has 0 atom stereocenters. The first-order valence-electron chi connectivity index (χ1n) is 11.5. The predicted molar refractivity (Wildman–Crippen MR) is 135 cm³/mol. The SMILES string of the molecule is CCN(CC)c1ccc2c(C#N)c(-c3nc4ccc(S(=O)(=O)NCCCOC)cc4o3)c(=O)oc2c1. The van der Waals surface area contributed by atoms with Gasteiger partial charge in [-0.15, -0.1) is 0 Å². The van der Waals surface area contributed by atoms with Crippen LogP contribution in [0, 0.1) is 11.3 Å². The van der Waals surface area contributed by atoms with Crippen LogP contribution in [0.4, 0.5) is 5.69 Å². The average Bonchev–Trinajstić information content (AvgIpc) is 3.29. The van der Waals surface area contributed by atoms with E-state index >= 15 is 0 Å². The maximum atomic E-state index is 13.0. The van der Waals surface area contributed by atoms with E-state index in [1.165, 1.54) is 18.2 Å². The van der Waals surface area contributed by atoms with Gasteiger partial charge in [-0.05, 0) is 44.5 Å². The smallest absolute Gasteiger partial charge is 0.350 e. The molecule has 0 amide bonds. The van der Waals surface area contributed by atoms with Crippen molar-refractivity contribution in [2.75, 3.05) is 38.3 Å². The minimum Gasteiger partial charge on any atom is -0.436 e. The van der Waals surface area contributed by atoms with E-state index in [-0.39, 0.29) is 39.6 Å². The second kappa shape index (κ2) is 10.5. The molecule has 0 bridgehead atoms. The summed E-state index contributed by atoms with van der Waals surface area (Å²) in [5, 5.41) is 10.4. The number of aromatic nitrogens is 1. The van der Waals surface area contributed by atoms with Crippen LogP contribution in [-0.2, 0) is 14.8 Å². The van der Waals surface area contributed by atoms with Crippen molar-refractivity contribution in [1.82, 2.24) is 9.71 Å². The third-order valence-corrected chi connectivity index (χ3v) is 7.29. The average molecular weight is 511 g/mol. The summed E-state index contributed by atoms with van der Waals surface area (Å²) in [5.74, 6) is -0.118. The van der Waals surface area contributed by atoms with Gasteiger partial charge in [0.2, 0.25) is 15.9 Å². The number of nitrogens with zero attached hydrogens (tertiary/aromatic N) is 3. The first kappa shape index (κ1) is 25.4. The molecule has 2 heterocycles. The first-order valence-corrected chi connectivity index (χ1v) is 13.0. The fourth-order valence-electron chi connectivity index (χ4n) is 3.97. The number of rotatable bonds is 10. The molecule has 2 aromatic heterocycles. The number of nitriles is 1. The van der Waals surface area contributed by atoms with E-state index in [2.05, 4.69) is 20.7 Å². The summed E-state index contributed by atoms with van der Waals surface area (Å²) >= 11 is 0. The van der Waals surface area contributed by atoms with Crippen LogP contribution in [0.15, 0.2) is 54.9 Å². The Morgan fingerprint density at radius 2 is 1.89 bits per heavy atom. The number of oxazole rings is 1. The van der Waals surface area contributed by atoms with Gasteiger partial charge in [0.15, 0.2) is 5.58 Å². The normalized spacial score (nSPS) is 11.7. The second-order valence-electron chi connectivity index (χ2n) is 8.00. The molecule has 0 aliphatic carbocycles. The summed E-state index contributed by atoms with van der Waals surface area (Å²) in [6, 6.07) is 11.6. The van der Waals surface area contributed by atoms with Crippen molar-refractivity contribution in [2.24, 2.45) is 0 Å². The third kappa shape index (κ3) is 4.83. The van der Waals surface area contributed by atoms with Crippen LogP contribution >= 0.6 is 0 Å². The summed E-state index contributed by atoms with van der Waals surface area (Å²) < 4.78 is 44.0. The Morgan fingerprint density at radius 1 is 1.11 bits per heavy atom. The summed E-state index contributed by atoms with van der Waals surface area (Å²) in [4.78, 5) is 19.4. The van der Waals surface area contributed by atoms with Gasteiger partial charge in [-0.3, -0.25) is 0 Å². The van der Waals surface area contributed by atoms with Gasteiger partial charge in [-0.25, -0.2) is 22.9 Å². The maximum absolute atomic E-state index is 13.0. The van der Waals surface area contributed by atoms with Crippen molar-refractivity contribution < 1.29 is 22.0 Å². The summed E-state index contributed by atoms with van der Waals surface area (Å²) in [5.41, 5.74) is 0.849. The molecular weight excluding hydrogens is 484 g/mol. The standard InChI is InChI=1S/C25H26N4O6S/c1-4-29(5-2)16-7-9-18-19(15-26)23(25(30)35-21(18)13-16)24-28-20-10-8-17(14-22(20)34-24)36(31,32)27-11-6-12-33-3/h7-10,13-14,27H,4-6,11-12H2,1-3H3. The lowest BCUT2D eigenvalue weighted by Crippen LogP contribution is -2.25. The lowest BCUT2D eigenvalue weighted by molar-refractivity contribution is 0.196. The monoisotopic (exact) mass is 510 g/mol. The molecule has 0 radical (unpaired) electrons. The van der Waals surface area contributed by atoms with E-state index in [9.17, 15) is 18.5 Å². The van der Waals surface area contributed by atoms with E-state index in [0.29, 0.717) is 23.9 Å². The second-order valence-corrected chi connectivity index (χ2v) is 9.76. The highest BCUT2D eigenvalue weighted by atomic mass is 32.2. The van der Waals surface area contributed by atoms with Crippen LogP contribution in [0.25, 0.3) is 33.5 Å². The summed E-state index contributed by atoms with van der Waals surface area (Å²) in [6.07, 6.45) is 0.523. The van der Waals surface area contributed by atoms with Gasteiger partial charge in [-0.1, -0.05) is 0 Å². The Hall–Kier alpha value is -3.72. The molecule has 0 spiro atoms. The zero-order chi connectivity index (χ0) is 25.9. The van der Waals surface area contributed by atoms with Gasteiger partial charge in [0.25, 0.3) is 0 Å². The number of ether oxygens (including phenoxy) is 1. The van der Waals surface area contributed by atoms with E-state index in [4.69, 9.17) is 13.6 Å². The molecule has 2 aromatic carbocycles. The van der Waals surface area contributed by atoms with E-state index in [0.717, 1.165) is 18.8 Å². The molecule has 188 valence electrons. The van der Waals surface area contributed by atoms with E-state index in [1.54, 1.807) is 19.2 Å². The molecule has 0 unspecified atom stereocenters.